The van der Waals surface area contributed by atoms with Crippen molar-refractivity contribution in [3.8, 4) is 0 Å². The summed E-state index contributed by atoms with van der Waals surface area (Å²) < 4.78 is 0. The van der Waals surface area contributed by atoms with Crippen LogP contribution in [0, 0.1) is 0 Å². The van der Waals surface area contributed by atoms with Gasteiger partial charge in [0.1, 0.15) is 0 Å². The van der Waals surface area contributed by atoms with Gasteiger partial charge in [-0.3, -0.25) is 4.98 Å². The zero-order valence-electron chi connectivity index (χ0n) is 8.07. The van der Waals surface area contributed by atoms with Crippen LogP contribution in [-0.4, -0.2) is 10.1 Å². The molecule has 0 bridgehead atoms. The molecular formula is C11H15NO. The number of rotatable bonds is 3. The first-order chi connectivity index (χ1) is 6.20. The highest BCUT2D eigenvalue weighted by Gasteiger charge is 2.04. The van der Waals surface area contributed by atoms with Crippen molar-refractivity contribution in [2.24, 2.45) is 0 Å². The molecule has 2 nitrogen and oxygen atoms in total. The lowest BCUT2D eigenvalue weighted by molar-refractivity contribution is 0.181. The van der Waals surface area contributed by atoms with Crippen molar-refractivity contribution in [2.45, 2.75) is 26.4 Å². The van der Waals surface area contributed by atoms with E-state index >= 15 is 0 Å². The number of hydrogen-bond donors (Lipinski definition) is 1. The Labute approximate surface area is 78.9 Å². The van der Waals surface area contributed by atoms with Gasteiger partial charge in [0.2, 0.25) is 0 Å². The maximum absolute atomic E-state index is 9.68. The Kier molecular flexibility index (Phi) is 3.65. The molecule has 0 aliphatic heterocycles. The van der Waals surface area contributed by atoms with E-state index < -0.39 is 6.10 Å². The quantitative estimate of drug-likeness (QED) is 0.719. The summed E-state index contributed by atoms with van der Waals surface area (Å²) in [7, 11) is 0. The van der Waals surface area contributed by atoms with E-state index in [1.54, 1.807) is 12.4 Å². The van der Waals surface area contributed by atoms with Crippen molar-refractivity contribution in [2.75, 3.05) is 0 Å². The third-order valence-electron chi connectivity index (χ3n) is 1.82. The molecule has 1 N–H and O–H groups in total. The van der Waals surface area contributed by atoms with E-state index in [0.717, 1.165) is 5.56 Å². The molecule has 1 aromatic rings. The summed E-state index contributed by atoms with van der Waals surface area (Å²) in [5.74, 6) is 0. The fourth-order valence-corrected chi connectivity index (χ4v) is 1.06. The highest BCUT2D eigenvalue weighted by Crippen LogP contribution is 2.15. The average molecular weight is 177 g/mol. The number of aromatic nitrogens is 1. The monoisotopic (exact) mass is 177 g/mol. The molecule has 0 aromatic carbocycles. The minimum absolute atomic E-state index is 0.427. The van der Waals surface area contributed by atoms with E-state index in [2.05, 4.69) is 4.98 Å². The van der Waals surface area contributed by atoms with Gasteiger partial charge in [-0.2, -0.15) is 0 Å². The molecule has 0 aliphatic carbocycles. The second-order valence-electron chi connectivity index (χ2n) is 3.32. The first-order valence-corrected chi connectivity index (χ1v) is 4.41. The van der Waals surface area contributed by atoms with Gasteiger partial charge in [0.25, 0.3) is 0 Å². The average Bonchev–Trinajstić information content (AvgIpc) is 2.15. The zero-order chi connectivity index (χ0) is 9.68. The number of hydrogen-bond acceptors (Lipinski definition) is 2. The van der Waals surface area contributed by atoms with Crippen LogP contribution in [0.3, 0.4) is 0 Å². The Morgan fingerprint density at radius 1 is 1.62 bits per heavy atom. The Morgan fingerprint density at radius 3 is 2.92 bits per heavy atom. The molecule has 1 rings (SSSR count). The maximum atomic E-state index is 9.68. The molecule has 1 aromatic heterocycles. The van der Waals surface area contributed by atoms with Crippen LogP contribution in [0.15, 0.2) is 36.2 Å². The van der Waals surface area contributed by atoms with Crippen LogP contribution in [0.1, 0.15) is 31.9 Å². The molecule has 1 heterocycles. The Morgan fingerprint density at radius 2 is 2.38 bits per heavy atom. The highest BCUT2D eigenvalue weighted by molar-refractivity contribution is 5.13. The van der Waals surface area contributed by atoms with Crippen molar-refractivity contribution in [1.29, 1.82) is 0 Å². The number of aliphatic hydroxyl groups excluding tert-OH is 1. The zero-order valence-corrected chi connectivity index (χ0v) is 8.07. The summed E-state index contributed by atoms with van der Waals surface area (Å²) >= 11 is 0. The van der Waals surface area contributed by atoms with Gasteiger partial charge < -0.3 is 5.11 Å². The first-order valence-electron chi connectivity index (χ1n) is 4.41. The van der Waals surface area contributed by atoms with Crippen molar-refractivity contribution in [1.82, 2.24) is 4.98 Å². The summed E-state index contributed by atoms with van der Waals surface area (Å²) in [6.45, 7) is 4.05. The molecule has 0 saturated heterocycles. The van der Waals surface area contributed by atoms with Gasteiger partial charge in [-0.25, -0.2) is 0 Å². The molecule has 1 atom stereocenters. The van der Waals surface area contributed by atoms with Crippen LogP contribution in [0.5, 0.6) is 0 Å². The van der Waals surface area contributed by atoms with E-state index in [9.17, 15) is 5.11 Å². The van der Waals surface area contributed by atoms with Crippen molar-refractivity contribution in [3.05, 3.63) is 41.7 Å². The highest BCUT2D eigenvalue weighted by atomic mass is 16.3. The molecule has 1 unspecified atom stereocenters. The molecule has 0 fully saturated rings. The Balaban J connectivity index is 2.59. The van der Waals surface area contributed by atoms with Crippen molar-refractivity contribution < 1.29 is 5.11 Å². The molecule has 0 amide bonds. The molecule has 2 heteroatoms. The van der Waals surface area contributed by atoms with E-state index in [1.165, 1.54) is 5.57 Å². The standard InChI is InChI=1S/C11H15NO/c1-9(2)5-6-11(13)10-4-3-7-12-8-10/h3-5,7-8,11,13H,6H2,1-2H3. The molecule has 70 valence electrons. The minimum atomic E-state index is -0.427. The summed E-state index contributed by atoms with van der Waals surface area (Å²) in [6.07, 6.45) is 5.66. The van der Waals surface area contributed by atoms with Gasteiger partial charge in [-0.1, -0.05) is 17.7 Å². The van der Waals surface area contributed by atoms with Crippen molar-refractivity contribution in [3.63, 3.8) is 0 Å². The number of nitrogens with zero attached hydrogens (tertiary/aromatic N) is 1. The van der Waals surface area contributed by atoms with Crippen LogP contribution >= 0.6 is 0 Å². The van der Waals surface area contributed by atoms with Gasteiger partial charge in [-0.05, 0) is 31.9 Å². The number of allylic oxidation sites excluding steroid dienone is 1. The lowest BCUT2D eigenvalue weighted by atomic mass is 10.1. The van der Waals surface area contributed by atoms with Crippen LogP contribution < -0.4 is 0 Å². The van der Waals surface area contributed by atoms with Crippen molar-refractivity contribution >= 4 is 0 Å². The van der Waals surface area contributed by atoms with Crippen LogP contribution in [0.25, 0.3) is 0 Å². The summed E-state index contributed by atoms with van der Waals surface area (Å²) in [5.41, 5.74) is 2.10. The molecule has 0 saturated carbocycles. The van der Waals surface area contributed by atoms with E-state index in [1.807, 2.05) is 32.1 Å². The van der Waals surface area contributed by atoms with Gasteiger partial charge in [0.05, 0.1) is 6.10 Å². The largest absolute Gasteiger partial charge is 0.388 e. The van der Waals surface area contributed by atoms with Gasteiger partial charge in [0.15, 0.2) is 0 Å². The van der Waals surface area contributed by atoms with E-state index in [-0.39, 0.29) is 0 Å². The summed E-state index contributed by atoms with van der Waals surface area (Å²) in [4.78, 5) is 3.95. The van der Waals surface area contributed by atoms with Crippen LogP contribution in [0.2, 0.25) is 0 Å². The third-order valence-corrected chi connectivity index (χ3v) is 1.82. The Bertz CT molecular complexity index is 275. The lowest BCUT2D eigenvalue weighted by Crippen LogP contribution is -1.95. The smallest absolute Gasteiger partial charge is 0.0839 e. The van der Waals surface area contributed by atoms with Gasteiger partial charge in [-0.15, -0.1) is 0 Å². The predicted octanol–water partition coefficient (Wildman–Crippen LogP) is 2.47. The predicted molar refractivity (Wildman–Crippen MR) is 53.2 cm³/mol. The lowest BCUT2D eigenvalue weighted by Gasteiger charge is -2.07. The normalized spacial score (nSPS) is 12.2. The molecule has 0 radical (unpaired) electrons. The fourth-order valence-electron chi connectivity index (χ4n) is 1.06. The summed E-state index contributed by atoms with van der Waals surface area (Å²) in [5, 5.41) is 9.68. The third kappa shape index (κ3) is 3.38. The van der Waals surface area contributed by atoms with Gasteiger partial charge >= 0.3 is 0 Å². The Hall–Kier alpha value is -1.15. The van der Waals surface area contributed by atoms with E-state index in [0.29, 0.717) is 6.42 Å². The maximum Gasteiger partial charge on any atom is 0.0839 e. The summed E-state index contributed by atoms with van der Waals surface area (Å²) in [6, 6.07) is 3.72. The topological polar surface area (TPSA) is 33.1 Å². The molecular weight excluding hydrogens is 162 g/mol. The van der Waals surface area contributed by atoms with Gasteiger partial charge in [0, 0.05) is 12.4 Å². The fraction of sp³-hybridized carbons (Fsp3) is 0.364. The second kappa shape index (κ2) is 4.77. The van der Waals surface area contributed by atoms with Crippen LogP contribution in [-0.2, 0) is 0 Å². The minimum Gasteiger partial charge on any atom is -0.388 e. The second-order valence-corrected chi connectivity index (χ2v) is 3.32. The number of aliphatic hydroxyl groups is 1. The SMILES string of the molecule is CC(C)=CCC(O)c1cccnc1. The molecule has 0 aliphatic rings. The van der Waals surface area contributed by atoms with Crippen LogP contribution in [0.4, 0.5) is 0 Å². The molecule has 13 heavy (non-hydrogen) atoms. The molecule has 0 spiro atoms. The van der Waals surface area contributed by atoms with E-state index in [4.69, 9.17) is 0 Å². The first kappa shape index (κ1) is 9.93. The number of pyridine rings is 1.